The lowest BCUT2D eigenvalue weighted by atomic mass is 9.69. The van der Waals surface area contributed by atoms with Crippen LogP contribution in [0.15, 0.2) is 30.3 Å². The van der Waals surface area contributed by atoms with E-state index in [0.29, 0.717) is 52.6 Å². The van der Waals surface area contributed by atoms with E-state index in [1.165, 1.54) is 0 Å². The molecule has 2 aliphatic rings. The Kier molecular flexibility index (Phi) is 4.46. The van der Waals surface area contributed by atoms with Crippen LogP contribution in [0.3, 0.4) is 0 Å². The molecular formula is C20H19N3O3S. The van der Waals surface area contributed by atoms with Crippen molar-refractivity contribution in [2.45, 2.75) is 30.7 Å². The molecule has 1 aliphatic carbocycles. The molecule has 27 heavy (non-hydrogen) atoms. The van der Waals surface area contributed by atoms with E-state index < -0.39 is 5.41 Å². The summed E-state index contributed by atoms with van der Waals surface area (Å²) >= 11 is 1.11. The van der Waals surface area contributed by atoms with E-state index in [4.69, 9.17) is 10.5 Å². The molecule has 0 radical (unpaired) electrons. The number of amides is 1. The number of carbonyl (C=O) groups excluding carboxylic acids is 2. The number of carbonyl (C=O) groups is 2. The number of benzene rings is 1. The van der Waals surface area contributed by atoms with Crippen molar-refractivity contribution < 1.29 is 14.3 Å². The molecule has 7 heteroatoms. The van der Waals surface area contributed by atoms with Gasteiger partial charge in [0.05, 0.1) is 34.2 Å². The van der Waals surface area contributed by atoms with Crippen molar-refractivity contribution in [1.82, 2.24) is 5.32 Å². The molecular weight excluding hydrogens is 362 g/mol. The molecule has 0 bridgehead atoms. The van der Waals surface area contributed by atoms with Crippen molar-refractivity contribution in [3.8, 4) is 6.07 Å². The van der Waals surface area contributed by atoms with Crippen LogP contribution in [0.25, 0.3) is 0 Å². The Labute approximate surface area is 160 Å². The van der Waals surface area contributed by atoms with Crippen LogP contribution in [0.2, 0.25) is 0 Å². The number of rotatable bonds is 3. The van der Waals surface area contributed by atoms with Crippen LogP contribution in [-0.2, 0) is 16.6 Å². The van der Waals surface area contributed by atoms with E-state index in [-0.39, 0.29) is 17.7 Å². The summed E-state index contributed by atoms with van der Waals surface area (Å²) in [4.78, 5) is 26.5. The smallest absolute Gasteiger partial charge is 0.254 e. The molecule has 1 aromatic heterocycles. The Morgan fingerprint density at radius 3 is 2.81 bits per heavy atom. The number of nitrogens with zero attached hydrogens (tertiary/aromatic N) is 1. The van der Waals surface area contributed by atoms with Gasteiger partial charge in [-0.2, -0.15) is 5.26 Å². The van der Waals surface area contributed by atoms with Gasteiger partial charge in [0.25, 0.3) is 5.91 Å². The highest BCUT2D eigenvalue weighted by molar-refractivity contribution is 7.18. The Morgan fingerprint density at radius 2 is 2.15 bits per heavy atom. The number of fused-ring (bicyclic) bond motifs is 1. The first-order valence-corrected chi connectivity index (χ1v) is 9.70. The number of hydrogen-bond donors (Lipinski definition) is 2. The number of thiophene rings is 1. The van der Waals surface area contributed by atoms with Gasteiger partial charge in [0.15, 0.2) is 5.78 Å². The lowest BCUT2D eigenvalue weighted by molar-refractivity contribution is 0.0908. The first kappa shape index (κ1) is 17.7. The number of nitrogens with one attached hydrogen (secondary N) is 1. The van der Waals surface area contributed by atoms with Crippen molar-refractivity contribution in [2.24, 2.45) is 0 Å². The molecule has 2 atom stereocenters. The summed E-state index contributed by atoms with van der Waals surface area (Å²) in [6, 6.07) is 11.3. The molecule has 2 unspecified atom stereocenters. The maximum Gasteiger partial charge on any atom is 0.254 e. The average molecular weight is 381 g/mol. The second-order valence-corrected chi connectivity index (χ2v) is 7.95. The molecule has 3 N–H and O–H groups in total. The third kappa shape index (κ3) is 2.82. The van der Waals surface area contributed by atoms with Gasteiger partial charge < -0.3 is 15.8 Å². The van der Waals surface area contributed by atoms with Crippen LogP contribution < -0.4 is 11.1 Å². The minimum Gasteiger partial charge on any atom is -0.390 e. The maximum absolute atomic E-state index is 13.3. The van der Waals surface area contributed by atoms with E-state index in [2.05, 4.69) is 11.4 Å². The summed E-state index contributed by atoms with van der Waals surface area (Å²) in [7, 11) is 0. The molecule has 1 fully saturated rings. The van der Waals surface area contributed by atoms with E-state index >= 15 is 0 Å². The van der Waals surface area contributed by atoms with Crippen LogP contribution in [0.4, 0.5) is 5.00 Å². The third-order valence-corrected chi connectivity index (χ3v) is 6.39. The molecule has 138 valence electrons. The predicted octanol–water partition coefficient (Wildman–Crippen LogP) is 2.44. The highest BCUT2D eigenvalue weighted by atomic mass is 32.1. The van der Waals surface area contributed by atoms with Gasteiger partial charge in [0.2, 0.25) is 0 Å². The minimum atomic E-state index is -1.22. The first-order valence-electron chi connectivity index (χ1n) is 8.88. The van der Waals surface area contributed by atoms with Crippen LogP contribution in [0.1, 0.15) is 44.0 Å². The fraction of sp³-hybridized carbons (Fsp3) is 0.350. The molecule has 1 saturated heterocycles. The summed E-state index contributed by atoms with van der Waals surface area (Å²) in [5, 5.41) is 13.1. The van der Waals surface area contributed by atoms with Crippen molar-refractivity contribution in [2.75, 3.05) is 18.9 Å². The van der Waals surface area contributed by atoms with Crippen molar-refractivity contribution >= 4 is 28.0 Å². The second kappa shape index (κ2) is 6.80. The zero-order valence-corrected chi connectivity index (χ0v) is 15.5. The van der Waals surface area contributed by atoms with Crippen molar-refractivity contribution in [3.63, 3.8) is 0 Å². The Balaban J connectivity index is 1.70. The quantitative estimate of drug-likeness (QED) is 0.849. The van der Waals surface area contributed by atoms with Crippen LogP contribution >= 0.6 is 11.3 Å². The Bertz CT molecular complexity index is 941. The predicted molar refractivity (Wildman–Crippen MR) is 102 cm³/mol. The highest BCUT2D eigenvalue weighted by Gasteiger charge is 2.47. The minimum absolute atomic E-state index is 0.0331. The Hall–Kier alpha value is -2.69. The zero-order valence-electron chi connectivity index (χ0n) is 14.7. The number of nitrogen functional groups attached to an aromatic ring is 1. The number of hydrogen-bond acceptors (Lipinski definition) is 6. The SMILES string of the molecule is N#CC1(c2ccccc2)CCc2c(sc(N)c2C(=O)NC2CCOC2)C1=O. The van der Waals surface area contributed by atoms with E-state index in [1.54, 1.807) is 12.1 Å². The standard InChI is InChI=1S/C20H19N3O3S/c21-11-20(12-4-2-1-3-5-12)8-6-14-15(18(22)27-16(14)17(20)24)19(25)23-13-7-9-26-10-13/h1-5,13H,6-10,22H2,(H,23,25). The summed E-state index contributed by atoms with van der Waals surface area (Å²) in [5.41, 5.74) is 6.63. The van der Waals surface area contributed by atoms with Crippen LogP contribution in [0.5, 0.6) is 0 Å². The van der Waals surface area contributed by atoms with Crippen molar-refractivity contribution in [1.29, 1.82) is 5.26 Å². The summed E-state index contributed by atoms with van der Waals surface area (Å²) in [5.74, 6) is -0.533. The normalized spacial score (nSPS) is 24.3. The number of nitriles is 1. The van der Waals surface area contributed by atoms with Crippen LogP contribution in [-0.4, -0.2) is 30.9 Å². The lowest BCUT2D eigenvalue weighted by Crippen LogP contribution is -2.39. The monoisotopic (exact) mass is 381 g/mol. The lowest BCUT2D eigenvalue weighted by Gasteiger charge is -2.29. The molecule has 1 aromatic carbocycles. The van der Waals surface area contributed by atoms with Gasteiger partial charge in [-0.15, -0.1) is 11.3 Å². The summed E-state index contributed by atoms with van der Waals surface area (Å²) in [6.45, 7) is 1.12. The number of Topliss-reactive ketones (excluding diaryl/α,β-unsaturated/α-hetero) is 1. The zero-order chi connectivity index (χ0) is 19.0. The number of anilines is 1. The molecule has 1 aliphatic heterocycles. The highest BCUT2D eigenvalue weighted by Crippen LogP contribution is 2.44. The number of ether oxygens (including phenoxy) is 1. The summed E-state index contributed by atoms with van der Waals surface area (Å²) < 4.78 is 5.29. The van der Waals surface area contributed by atoms with E-state index in [0.717, 1.165) is 17.8 Å². The van der Waals surface area contributed by atoms with Gasteiger partial charge >= 0.3 is 0 Å². The van der Waals surface area contributed by atoms with Gasteiger partial charge in [0.1, 0.15) is 5.41 Å². The molecule has 0 spiro atoms. The maximum atomic E-state index is 13.3. The van der Waals surface area contributed by atoms with Gasteiger partial charge in [0, 0.05) is 6.61 Å². The summed E-state index contributed by atoms with van der Waals surface area (Å²) in [6.07, 6.45) is 1.56. The fourth-order valence-corrected chi connectivity index (χ4v) is 4.98. The van der Waals surface area contributed by atoms with Crippen molar-refractivity contribution in [3.05, 3.63) is 51.9 Å². The molecule has 2 heterocycles. The first-order chi connectivity index (χ1) is 13.1. The van der Waals surface area contributed by atoms with Gasteiger partial charge in [-0.25, -0.2) is 0 Å². The number of nitrogens with two attached hydrogens (primary N) is 1. The molecule has 4 rings (SSSR count). The molecule has 1 amide bonds. The molecule has 6 nitrogen and oxygen atoms in total. The van der Waals surface area contributed by atoms with E-state index in [1.807, 2.05) is 18.2 Å². The number of ketones is 1. The Morgan fingerprint density at radius 1 is 1.37 bits per heavy atom. The largest absolute Gasteiger partial charge is 0.390 e. The van der Waals surface area contributed by atoms with Gasteiger partial charge in [-0.05, 0) is 30.4 Å². The van der Waals surface area contributed by atoms with E-state index in [9.17, 15) is 14.9 Å². The molecule has 2 aromatic rings. The molecule has 0 saturated carbocycles. The topological polar surface area (TPSA) is 105 Å². The van der Waals surface area contributed by atoms with Gasteiger partial charge in [-0.1, -0.05) is 30.3 Å². The van der Waals surface area contributed by atoms with Crippen LogP contribution in [0, 0.1) is 11.3 Å². The second-order valence-electron chi connectivity index (χ2n) is 6.90. The fourth-order valence-electron chi connectivity index (χ4n) is 3.85. The third-order valence-electron chi connectivity index (χ3n) is 5.33. The van der Waals surface area contributed by atoms with Gasteiger partial charge in [-0.3, -0.25) is 9.59 Å². The average Bonchev–Trinajstić information content (AvgIpc) is 3.30.